The van der Waals surface area contributed by atoms with Crippen LogP contribution in [0.1, 0.15) is 95.6 Å². The minimum absolute atomic E-state index is 0.186. The first-order valence-corrected chi connectivity index (χ1v) is 15.7. The number of unbranched alkanes of at least 4 members (excludes halogenated alkanes) is 4. The summed E-state index contributed by atoms with van der Waals surface area (Å²) in [6.45, 7) is 5.03. The molecule has 2 aliphatic rings. The molecule has 2 aromatic carbocycles. The van der Waals surface area contributed by atoms with Crippen LogP contribution >= 0.6 is 0 Å². The summed E-state index contributed by atoms with van der Waals surface area (Å²) in [6, 6.07) is 18.8. The van der Waals surface area contributed by atoms with E-state index in [1.807, 2.05) is 60.7 Å². The maximum absolute atomic E-state index is 14.4. The zero-order chi connectivity index (χ0) is 28.9. The Kier molecular flexibility index (Phi) is 12.2. The van der Waals surface area contributed by atoms with E-state index in [4.69, 9.17) is 18.9 Å². The molecule has 1 aliphatic carbocycles. The largest absolute Gasteiger partial charge is 0.460 e. The smallest absolute Gasteiger partial charge is 0.348 e. The molecule has 0 bridgehead atoms. The Morgan fingerprint density at radius 3 is 2.20 bits per heavy atom. The van der Waals surface area contributed by atoms with Crippen LogP contribution in [0.15, 0.2) is 60.7 Å². The quantitative estimate of drug-likeness (QED) is 0.102. The van der Waals surface area contributed by atoms with Crippen molar-refractivity contribution in [3.05, 3.63) is 71.8 Å². The van der Waals surface area contributed by atoms with Gasteiger partial charge in [-0.15, -0.1) is 0 Å². The Bertz CT molecular complexity index is 1010. The molecule has 41 heavy (non-hydrogen) atoms. The Hall–Kier alpha value is -2.70. The normalized spacial score (nSPS) is 23.1. The van der Waals surface area contributed by atoms with Crippen LogP contribution in [0, 0.1) is 17.8 Å². The van der Waals surface area contributed by atoms with E-state index in [1.165, 1.54) is 44.9 Å². The second kappa shape index (κ2) is 16.1. The van der Waals surface area contributed by atoms with Gasteiger partial charge in [-0.1, -0.05) is 126 Å². The average molecular weight is 565 g/mol. The van der Waals surface area contributed by atoms with Crippen LogP contribution < -0.4 is 0 Å². The summed E-state index contributed by atoms with van der Waals surface area (Å²) in [7, 11) is 0. The molecule has 1 heterocycles. The van der Waals surface area contributed by atoms with Crippen LogP contribution in [0.5, 0.6) is 0 Å². The van der Waals surface area contributed by atoms with Gasteiger partial charge in [-0.2, -0.15) is 0 Å². The van der Waals surface area contributed by atoms with E-state index in [2.05, 4.69) is 13.8 Å². The molecule has 6 nitrogen and oxygen atoms in total. The van der Waals surface area contributed by atoms with Gasteiger partial charge < -0.3 is 18.9 Å². The summed E-state index contributed by atoms with van der Waals surface area (Å²) in [5, 5.41) is 0. The molecule has 0 N–H and O–H groups in total. The number of rotatable bonds is 14. The van der Waals surface area contributed by atoms with Crippen LogP contribution in [-0.2, 0) is 34.1 Å². The van der Waals surface area contributed by atoms with E-state index < -0.39 is 11.6 Å². The van der Waals surface area contributed by atoms with Gasteiger partial charge in [0.05, 0.1) is 12.5 Å². The monoisotopic (exact) mass is 564 g/mol. The number of hydrogen-bond acceptors (Lipinski definition) is 6. The summed E-state index contributed by atoms with van der Waals surface area (Å²) in [5.41, 5.74) is -0.281. The molecule has 6 heteroatoms. The van der Waals surface area contributed by atoms with Gasteiger partial charge >= 0.3 is 11.9 Å². The van der Waals surface area contributed by atoms with Crippen molar-refractivity contribution in [1.82, 2.24) is 0 Å². The molecule has 0 radical (unpaired) electrons. The van der Waals surface area contributed by atoms with Crippen molar-refractivity contribution in [2.75, 3.05) is 20.0 Å². The number of esters is 2. The summed E-state index contributed by atoms with van der Waals surface area (Å²) >= 11 is 0. The Labute approximate surface area is 246 Å². The molecule has 2 fully saturated rings. The van der Waals surface area contributed by atoms with Crippen molar-refractivity contribution in [3.8, 4) is 0 Å². The van der Waals surface area contributed by atoms with E-state index in [9.17, 15) is 9.59 Å². The second-order valence-corrected chi connectivity index (χ2v) is 11.9. The van der Waals surface area contributed by atoms with Crippen LogP contribution in [0.3, 0.4) is 0 Å². The predicted molar refractivity (Wildman–Crippen MR) is 159 cm³/mol. The fourth-order valence-electron chi connectivity index (χ4n) is 6.29. The molecule has 4 atom stereocenters. The van der Waals surface area contributed by atoms with Gasteiger partial charge in [-0.3, -0.25) is 4.79 Å². The highest BCUT2D eigenvalue weighted by Gasteiger charge is 2.47. The first-order chi connectivity index (χ1) is 20.0. The van der Waals surface area contributed by atoms with Crippen molar-refractivity contribution < 1.29 is 28.5 Å². The number of benzene rings is 2. The molecular weight excluding hydrogens is 516 g/mol. The van der Waals surface area contributed by atoms with Gasteiger partial charge in [0.25, 0.3) is 0 Å². The third-order valence-corrected chi connectivity index (χ3v) is 8.71. The third-order valence-electron chi connectivity index (χ3n) is 8.71. The van der Waals surface area contributed by atoms with Gasteiger partial charge in [0, 0.05) is 6.61 Å². The van der Waals surface area contributed by atoms with Gasteiger partial charge in [-0.25, -0.2) is 4.79 Å². The zero-order valence-electron chi connectivity index (χ0n) is 24.9. The molecule has 0 spiro atoms. The lowest BCUT2D eigenvalue weighted by molar-refractivity contribution is -0.196. The molecular formula is C35H48O6. The highest BCUT2D eigenvalue weighted by Crippen LogP contribution is 2.38. The molecule has 0 amide bonds. The lowest BCUT2D eigenvalue weighted by Gasteiger charge is -2.34. The minimum atomic E-state index is -1.57. The molecule has 2 aromatic rings. The first-order valence-electron chi connectivity index (χ1n) is 15.7. The van der Waals surface area contributed by atoms with Crippen LogP contribution in [0.25, 0.3) is 0 Å². The molecule has 4 rings (SSSR count). The fraction of sp³-hybridized carbons (Fsp3) is 0.600. The maximum Gasteiger partial charge on any atom is 0.348 e. The van der Waals surface area contributed by atoms with E-state index in [1.54, 1.807) is 0 Å². The summed E-state index contributed by atoms with van der Waals surface area (Å²) in [6.07, 6.45) is 12.0. The third kappa shape index (κ3) is 8.65. The highest BCUT2D eigenvalue weighted by atomic mass is 16.7. The zero-order valence-corrected chi connectivity index (χ0v) is 24.9. The SMILES string of the molecule is CCCCCCCC1CCC(C)CC(OC(=O)C(OCOC(=O)C2CCOC2)(c2ccccc2)c2ccccc2)C1. The molecule has 1 saturated carbocycles. The molecule has 1 aliphatic heterocycles. The first kappa shape index (κ1) is 31.2. The molecule has 0 aromatic heterocycles. The second-order valence-electron chi connectivity index (χ2n) is 11.9. The number of carbonyl (C=O) groups excluding carboxylic acids is 2. The van der Waals surface area contributed by atoms with Gasteiger partial charge in [0.1, 0.15) is 6.10 Å². The predicted octanol–water partition coefficient (Wildman–Crippen LogP) is 7.58. The fourth-order valence-corrected chi connectivity index (χ4v) is 6.29. The summed E-state index contributed by atoms with van der Waals surface area (Å²) in [5.74, 6) is -0.102. The molecule has 1 saturated heterocycles. The topological polar surface area (TPSA) is 71.1 Å². The van der Waals surface area contributed by atoms with Crippen LogP contribution in [-0.4, -0.2) is 38.0 Å². The number of hydrogen-bond donors (Lipinski definition) is 0. The summed E-state index contributed by atoms with van der Waals surface area (Å²) in [4.78, 5) is 27.1. The average Bonchev–Trinajstić information content (AvgIpc) is 3.48. The standard InChI is InChI=1S/C35H48O6/c1-3-4-5-6-9-14-28-20-19-27(2)23-32(24-28)41-34(37)35(30-15-10-7-11-16-30,31-17-12-8-13-18-31)40-26-39-33(36)29-21-22-38-25-29/h7-8,10-13,15-18,27-29,32H,3-6,9,14,19-26H2,1-2H3. The Morgan fingerprint density at radius 2 is 1.56 bits per heavy atom. The lowest BCUT2D eigenvalue weighted by atomic mass is 9.85. The van der Waals surface area contributed by atoms with E-state index in [0.717, 1.165) is 19.3 Å². The van der Waals surface area contributed by atoms with E-state index in [-0.39, 0.29) is 24.8 Å². The number of ether oxygens (including phenoxy) is 4. The van der Waals surface area contributed by atoms with E-state index in [0.29, 0.717) is 42.6 Å². The van der Waals surface area contributed by atoms with Gasteiger partial charge in [-0.05, 0) is 42.2 Å². The highest BCUT2D eigenvalue weighted by molar-refractivity contribution is 5.86. The lowest BCUT2D eigenvalue weighted by Crippen LogP contribution is -2.44. The molecule has 224 valence electrons. The van der Waals surface area contributed by atoms with Crippen molar-refractivity contribution in [1.29, 1.82) is 0 Å². The van der Waals surface area contributed by atoms with Crippen molar-refractivity contribution in [3.63, 3.8) is 0 Å². The van der Waals surface area contributed by atoms with Gasteiger partial charge in [0.15, 0.2) is 6.79 Å². The Balaban J connectivity index is 1.55. The molecule has 4 unspecified atom stereocenters. The van der Waals surface area contributed by atoms with Crippen LogP contribution in [0.2, 0.25) is 0 Å². The van der Waals surface area contributed by atoms with Crippen LogP contribution in [0.4, 0.5) is 0 Å². The van der Waals surface area contributed by atoms with Crippen molar-refractivity contribution in [2.45, 2.75) is 96.2 Å². The van der Waals surface area contributed by atoms with E-state index >= 15 is 0 Å². The maximum atomic E-state index is 14.4. The van der Waals surface area contributed by atoms with Crippen molar-refractivity contribution in [2.24, 2.45) is 17.8 Å². The van der Waals surface area contributed by atoms with Gasteiger partial charge in [0.2, 0.25) is 5.60 Å². The minimum Gasteiger partial charge on any atom is -0.460 e. The van der Waals surface area contributed by atoms with Crippen molar-refractivity contribution >= 4 is 11.9 Å². The Morgan fingerprint density at radius 1 is 0.878 bits per heavy atom. The number of carbonyl (C=O) groups is 2. The summed E-state index contributed by atoms with van der Waals surface area (Å²) < 4.78 is 23.7.